The highest BCUT2D eigenvalue weighted by atomic mass is 16.4. The summed E-state index contributed by atoms with van der Waals surface area (Å²) in [6, 6.07) is 5.47. The number of pyridine rings is 1. The quantitative estimate of drug-likeness (QED) is 0.877. The van der Waals surface area contributed by atoms with Gasteiger partial charge in [0.05, 0.1) is 0 Å². The van der Waals surface area contributed by atoms with Gasteiger partial charge in [0.2, 0.25) is 0 Å². The van der Waals surface area contributed by atoms with Crippen LogP contribution in [0.1, 0.15) is 23.8 Å². The van der Waals surface area contributed by atoms with Crippen molar-refractivity contribution in [3.63, 3.8) is 0 Å². The highest BCUT2D eigenvalue weighted by molar-refractivity contribution is 5.92. The van der Waals surface area contributed by atoms with E-state index >= 15 is 0 Å². The molecule has 1 aliphatic heterocycles. The molecule has 2 N–H and O–H groups in total. The Morgan fingerprint density at radius 2 is 2.38 bits per heavy atom. The first-order valence-corrected chi connectivity index (χ1v) is 7.35. The van der Waals surface area contributed by atoms with Gasteiger partial charge in [0.1, 0.15) is 5.65 Å². The van der Waals surface area contributed by atoms with E-state index in [-0.39, 0.29) is 5.69 Å². The lowest BCUT2D eigenvalue weighted by Crippen LogP contribution is -2.23. The van der Waals surface area contributed by atoms with Crippen molar-refractivity contribution in [1.29, 1.82) is 0 Å². The molecule has 21 heavy (non-hydrogen) atoms. The summed E-state index contributed by atoms with van der Waals surface area (Å²) in [5.74, 6) is 0.0536. The fourth-order valence-corrected chi connectivity index (χ4v) is 2.93. The molecule has 0 aromatic carbocycles. The lowest BCUT2D eigenvalue weighted by Gasteiger charge is -2.13. The zero-order chi connectivity index (χ0) is 14.8. The standard InChI is InChI=1S/C15H20N4O2/c1-2-18-8-6-11(10-18)9-16-14-13(15(20)21)19-7-4-3-5-12(19)17-14/h3-5,7,11,16H,2,6,8-10H2,1H3,(H,20,21). The summed E-state index contributed by atoms with van der Waals surface area (Å²) in [5.41, 5.74) is 0.856. The van der Waals surface area contributed by atoms with E-state index in [2.05, 4.69) is 22.1 Å². The van der Waals surface area contributed by atoms with Gasteiger partial charge in [-0.15, -0.1) is 0 Å². The molecule has 1 aliphatic rings. The third-order valence-corrected chi connectivity index (χ3v) is 4.11. The molecule has 0 aliphatic carbocycles. The third kappa shape index (κ3) is 2.71. The van der Waals surface area contributed by atoms with Gasteiger partial charge in [0.15, 0.2) is 11.5 Å². The predicted molar refractivity (Wildman–Crippen MR) is 80.9 cm³/mol. The van der Waals surface area contributed by atoms with Crippen LogP contribution in [0.5, 0.6) is 0 Å². The number of carboxylic acid groups (broad SMARTS) is 1. The lowest BCUT2D eigenvalue weighted by molar-refractivity contribution is 0.0690. The molecule has 1 unspecified atom stereocenters. The van der Waals surface area contributed by atoms with Gasteiger partial charge in [0, 0.05) is 19.3 Å². The van der Waals surface area contributed by atoms with Gasteiger partial charge in [-0.2, -0.15) is 0 Å². The topological polar surface area (TPSA) is 69.9 Å². The molecule has 2 aromatic rings. The molecule has 1 fully saturated rings. The van der Waals surface area contributed by atoms with E-state index in [4.69, 9.17) is 0 Å². The molecule has 0 radical (unpaired) electrons. The Morgan fingerprint density at radius 3 is 3.10 bits per heavy atom. The molecule has 1 saturated heterocycles. The van der Waals surface area contributed by atoms with Crippen molar-refractivity contribution in [3.05, 3.63) is 30.1 Å². The maximum Gasteiger partial charge on any atom is 0.356 e. The van der Waals surface area contributed by atoms with Crippen molar-refractivity contribution in [2.24, 2.45) is 5.92 Å². The molecule has 1 atom stereocenters. The summed E-state index contributed by atoms with van der Waals surface area (Å²) in [7, 11) is 0. The number of likely N-dealkylation sites (tertiary alicyclic amines) is 1. The average molecular weight is 288 g/mol. The summed E-state index contributed by atoms with van der Waals surface area (Å²) in [4.78, 5) is 18.3. The van der Waals surface area contributed by atoms with Crippen LogP contribution in [0.2, 0.25) is 0 Å². The number of rotatable bonds is 5. The summed E-state index contributed by atoms with van der Waals surface area (Å²) in [6.07, 6.45) is 2.88. The summed E-state index contributed by atoms with van der Waals surface area (Å²) < 4.78 is 1.61. The third-order valence-electron chi connectivity index (χ3n) is 4.11. The number of hydrogen-bond donors (Lipinski definition) is 2. The zero-order valence-electron chi connectivity index (χ0n) is 12.1. The maximum absolute atomic E-state index is 11.5. The summed E-state index contributed by atoms with van der Waals surface area (Å²) >= 11 is 0. The van der Waals surface area contributed by atoms with E-state index in [1.54, 1.807) is 16.7 Å². The average Bonchev–Trinajstić information content (AvgIpc) is 3.08. The molecule has 0 amide bonds. The minimum atomic E-state index is -0.960. The van der Waals surface area contributed by atoms with Crippen LogP contribution in [0.3, 0.4) is 0 Å². The monoisotopic (exact) mass is 288 g/mol. The van der Waals surface area contributed by atoms with E-state index in [9.17, 15) is 9.90 Å². The van der Waals surface area contributed by atoms with Gasteiger partial charge in [0.25, 0.3) is 0 Å². The second kappa shape index (κ2) is 5.73. The van der Waals surface area contributed by atoms with Crippen LogP contribution in [0.15, 0.2) is 24.4 Å². The normalized spacial score (nSPS) is 19.2. The molecular formula is C15H20N4O2. The fourth-order valence-electron chi connectivity index (χ4n) is 2.93. The van der Waals surface area contributed by atoms with Crippen LogP contribution in [0, 0.1) is 5.92 Å². The number of fused-ring (bicyclic) bond motifs is 1. The van der Waals surface area contributed by atoms with Crippen LogP contribution in [0.25, 0.3) is 5.65 Å². The minimum absolute atomic E-state index is 0.205. The van der Waals surface area contributed by atoms with Gasteiger partial charge < -0.3 is 15.3 Å². The molecule has 0 spiro atoms. The Labute approximate surface area is 123 Å². The number of carbonyl (C=O) groups is 1. The molecule has 6 heteroatoms. The SMILES string of the molecule is CCN1CCC(CNc2nc3ccccn3c2C(=O)O)C1. The predicted octanol–water partition coefficient (Wildman–Crippen LogP) is 1.79. The van der Waals surface area contributed by atoms with Crippen molar-refractivity contribution in [1.82, 2.24) is 14.3 Å². The van der Waals surface area contributed by atoms with E-state index in [0.717, 1.165) is 32.6 Å². The van der Waals surface area contributed by atoms with E-state index in [1.807, 2.05) is 12.1 Å². The van der Waals surface area contributed by atoms with E-state index in [1.165, 1.54) is 0 Å². The number of nitrogens with zero attached hydrogens (tertiary/aromatic N) is 3. The van der Waals surface area contributed by atoms with Crippen molar-refractivity contribution >= 4 is 17.4 Å². The smallest absolute Gasteiger partial charge is 0.356 e. The van der Waals surface area contributed by atoms with Crippen molar-refractivity contribution in [2.45, 2.75) is 13.3 Å². The van der Waals surface area contributed by atoms with E-state index < -0.39 is 5.97 Å². The summed E-state index contributed by atoms with van der Waals surface area (Å²) in [6.45, 7) is 6.20. The fraction of sp³-hybridized carbons (Fsp3) is 0.467. The lowest BCUT2D eigenvalue weighted by atomic mass is 10.1. The number of hydrogen-bond acceptors (Lipinski definition) is 4. The first-order chi connectivity index (χ1) is 10.2. The number of imidazole rings is 1. The van der Waals surface area contributed by atoms with Crippen LogP contribution >= 0.6 is 0 Å². The Balaban J connectivity index is 1.77. The second-order valence-corrected chi connectivity index (χ2v) is 5.47. The van der Waals surface area contributed by atoms with Gasteiger partial charge in [-0.05, 0) is 37.6 Å². The number of aromatic nitrogens is 2. The number of aromatic carboxylic acids is 1. The molecule has 3 heterocycles. The number of anilines is 1. The molecule has 3 rings (SSSR count). The first-order valence-electron chi connectivity index (χ1n) is 7.35. The Morgan fingerprint density at radius 1 is 1.52 bits per heavy atom. The zero-order valence-corrected chi connectivity index (χ0v) is 12.1. The first kappa shape index (κ1) is 13.9. The highest BCUT2D eigenvalue weighted by Gasteiger charge is 2.23. The maximum atomic E-state index is 11.5. The largest absolute Gasteiger partial charge is 0.476 e. The molecule has 112 valence electrons. The Kier molecular flexibility index (Phi) is 3.79. The van der Waals surface area contributed by atoms with Crippen LogP contribution in [-0.4, -0.2) is 51.5 Å². The molecular weight excluding hydrogens is 268 g/mol. The number of carboxylic acids is 1. The van der Waals surface area contributed by atoms with Gasteiger partial charge >= 0.3 is 5.97 Å². The Hall–Kier alpha value is -2.08. The van der Waals surface area contributed by atoms with Gasteiger partial charge in [-0.3, -0.25) is 4.40 Å². The van der Waals surface area contributed by atoms with Crippen LogP contribution < -0.4 is 5.32 Å². The molecule has 0 bridgehead atoms. The molecule has 6 nitrogen and oxygen atoms in total. The van der Waals surface area contributed by atoms with Crippen LogP contribution in [0.4, 0.5) is 5.82 Å². The van der Waals surface area contributed by atoms with Crippen molar-refractivity contribution < 1.29 is 9.90 Å². The van der Waals surface area contributed by atoms with E-state index in [0.29, 0.717) is 17.4 Å². The van der Waals surface area contributed by atoms with Gasteiger partial charge in [-0.25, -0.2) is 9.78 Å². The second-order valence-electron chi connectivity index (χ2n) is 5.47. The van der Waals surface area contributed by atoms with Gasteiger partial charge in [-0.1, -0.05) is 13.0 Å². The summed E-state index contributed by atoms with van der Waals surface area (Å²) in [5, 5.41) is 12.6. The van der Waals surface area contributed by atoms with Crippen LogP contribution in [-0.2, 0) is 0 Å². The molecule has 0 saturated carbocycles. The van der Waals surface area contributed by atoms with Crippen molar-refractivity contribution in [3.8, 4) is 0 Å². The Bertz CT molecular complexity index is 652. The highest BCUT2D eigenvalue weighted by Crippen LogP contribution is 2.20. The number of nitrogens with one attached hydrogen (secondary N) is 1. The molecule has 2 aromatic heterocycles. The van der Waals surface area contributed by atoms with Crippen molar-refractivity contribution in [2.75, 3.05) is 31.5 Å². The minimum Gasteiger partial charge on any atom is -0.476 e.